The normalized spacial score (nSPS) is 19.3. The molecule has 4 heteroatoms. The Balaban J connectivity index is 1.99. The van der Waals surface area contributed by atoms with Crippen LogP contribution in [0.1, 0.15) is 29.5 Å². The predicted octanol–water partition coefficient (Wildman–Crippen LogP) is 3.68. The van der Waals surface area contributed by atoms with Crippen molar-refractivity contribution in [2.24, 2.45) is 0 Å². The highest BCUT2D eigenvalue weighted by molar-refractivity contribution is 7.15. The highest BCUT2D eigenvalue weighted by atomic mass is 32.1. The van der Waals surface area contributed by atoms with Crippen LogP contribution in [0.2, 0.25) is 0 Å². The lowest BCUT2D eigenvalue weighted by Gasteiger charge is -2.07. The molecule has 1 atom stereocenters. The minimum absolute atomic E-state index is 0.197. The SMILES string of the molecule is Cc1nc(-c2ccccc2F)sc1C1CCCN1. The third-order valence-corrected chi connectivity index (χ3v) is 4.62. The highest BCUT2D eigenvalue weighted by Crippen LogP contribution is 2.35. The molecule has 94 valence electrons. The molecule has 2 heterocycles. The Morgan fingerprint density at radius 3 is 2.94 bits per heavy atom. The fourth-order valence-corrected chi connectivity index (χ4v) is 3.59. The standard InChI is InChI=1S/C14H15FN2S/c1-9-13(12-7-4-8-16-12)18-14(17-9)10-5-2-3-6-11(10)15/h2-3,5-6,12,16H,4,7-8H2,1H3. The van der Waals surface area contributed by atoms with Crippen LogP contribution in [0.15, 0.2) is 24.3 Å². The van der Waals surface area contributed by atoms with Crippen molar-refractivity contribution in [3.63, 3.8) is 0 Å². The molecule has 2 nitrogen and oxygen atoms in total. The lowest BCUT2D eigenvalue weighted by Crippen LogP contribution is -2.12. The number of hydrogen-bond donors (Lipinski definition) is 1. The van der Waals surface area contributed by atoms with E-state index in [0.717, 1.165) is 23.7 Å². The highest BCUT2D eigenvalue weighted by Gasteiger charge is 2.22. The average Bonchev–Trinajstić information content (AvgIpc) is 2.98. The Labute approximate surface area is 110 Å². The number of benzene rings is 1. The summed E-state index contributed by atoms with van der Waals surface area (Å²) in [5, 5.41) is 4.26. The van der Waals surface area contributed by atoms with Crippen LogP contribution >= 0.6 is 11.3 Å². The van der Waals surface area contributed by atoms with Gasteiger partial charge in [0.2, 0.25) is 0 Å². The molecule has 0 bridgehead atoms. The number of rotatable bonds is 2. The van der Waals surface area contributed by atoms with Gasteiger partial charge in [-0.05, 0) is 38.4 Å². The van der Waals surface area contributed by atoms with Gasteiger partial charge in [0.15, 0.2) is 0 Å². The minimum Gasteiger partial charge on any atom is -0.309 e. The van der Waals surface area contributed by atoms with Crippen molar-refractivity contribution in [3.05, 3.63) is 40.7 Å². The molecule has 0 aliphatic carbocycles. The quantitative estimate of drug-likeness (QED) is 0.893. The van der Waals surface area contributed by atoms with Gasteiger partial charge in [-0.2, -0.15) is 0 Å². The molecule has 1 aliphatic rings. The summed E-state index contributed by atoms with van der Waals surface area (Å²) in [4.78, 5) is 5.78. The van der Waals surface area contributed by atoms with Gasteiger partial charge in [-0.25, -0.2) is 9.37 Å². The Kier molecular flexibility index (Phi) is 3.14. The first-order valence-corrected chi connectivity index (χ1v) is 7.03. The van der Waals surface area contributed by atoms with Gasteiger partial charge in [0, 0.05) is 16.5 Å². The van der Waals surface area contributed by atoms with Crippen LogP contribution < -0.4 is 5.32 Å². The molecule has 18 heavy (non-hydrogen) atoms. The van der Waals surface area contributed by atoms with Crippen molar-refractivity contribution in [3.8, 4) is 10.6 Å². The Morgan fingerprint density at radius 1 is 1.39 bits per heavy atom. The third-order valence-electron chi connectivity index (χ3n) is 3.31. The molecule has 2 aromatic rings. The Bertz CT molecular complexity index is 559. The van der Waals surface area contributed by atoms with Crippen molar-refractivity contribution < 1.29 is 4.39 Å². The number of nitrogens with zero attached hydrogens (tertiary/aromatic N) is 1. The topological polar surface area (TPSA) is 24.9 Å². The molecule has 1 N–H and O–H groups in total. The first kappa shape index (κ1) is 11.8. The number of thiazole rings is 1. The smallest absolute Gasteiger partial charge is 0.133 e. The lowest BCUT2D eigenvalue weighted by atomic mass is 10.2. The van der Waals surface area contributed by atoms with Gasteiger partial charge in [0.1, 0.15) is 10.8 Å². The maximum absolute atomic E-state index is 13.7. The van der Waals surface area contributed by atoms with E-state index in [0.29, 0.717) is 11.6 Å². The summed E-state index contributed by atoms with van der Waals surface area (Å²) < 4.78 is 13.7. The Morgan fingerprint density at radius 2 is 2.22 bits per heavy atom. The summed E-state index contributed by atoms with van der Waals surface area (Å²) in [5.41, 5.74) is 1.63. The second-order valence-corrected chi connectivity index (χ2v) is 5.63. The monoisotopic (exact) mass is 262 g/mol. The van der Waals surface area contributed by atoms with E-state index < -0.39 is 0 Å². The molecular formula is C14H15FN2S. The minimum atomic E-state index is -0.197. The van der Waals surface area contributed by atoms with Crippen LogP contribution in [-0.4, -0.2) is 11.5 Å². The molecule has 0 spiro atoms. The maximum Gasteiger partial charge on any atom is 0.133 e. The molecule has 1 fully saturated rings. The Hall–Kier alpha value is -1.26. The zero-order valence-corrected chi connectivity index (χ0v) is 11.1. The van der Waals surface area contributed by atoms with Crippen LogP contribution in [-0.2, 0) is 0 Å². The van der Waals surface area contributed by atoms with Crippen molar-refractivity contribution >= 4 is 11.3 Å². The van der Waals surface area contributed by atoms with Crippen LogP contribution in [0.3, 0.4) is 0 Å². The first-order chi connectivity index (χ1) is 8.75. The molecule has 3 rings (SSSR count). The first-order valence-electron chi connectivity index (χ1n) is 6.21. The molecular weight excluding hydrogens is 247 g/mol. The number of aryl methyl sites for hydroxylation is 1. The molecule has 1 aromatic heterocycles. The van der Waals surface area contributed by atoms with Gasteiger partial charge < -0.3 is 5.32 Å². The molecule has 0 radical (unpaired) electrons. The van der Waals surface area contributed by atoms with Crippen LogP contribution in [0.25, 0.3) is 10.6 Å². The van der Waals surface area contributed by atoms with Gasteiger partial charge >= 0.3 is 0 Å². The molecule has 1 unspecified atom stereocenters. The largest absolute Gasteiger partial charge is 0.309 e. The summed E-state index contributed by atoms with van der Waals surface area (Å²) >= 11 is 1.61. The number of nitrogens with one attached hydrogen (secondary N) is 1. The summed E-state index contributed by atoms with van der Waals surface area (Å²) in [5.74, 6) is -0.197. The molecule has 1 saturated heterocycles. The zero-order chi connectivity index (χ0) is 12.5. The fourth-order valence-electron chi connectivity index (χ4n) is 2.39. The maximum atomic E-state index is 13.7. The van der Waals surface area contributed by atoms with E-state index in [-0.39, 0.29) is 5.82 Å². The molecule has 0 amide bonds. The van der Waals surface area contributed by atoms with Gasteiger partial charge in [0.25, 0.3) is 0 Å². The fraction of sp³-hybridized carbons (Fsp3) is 0.357. The molecule has 1 aromatic carbocycles. The van der Waals surface area contributed by atoms with Crippen molar-refractivity contribution in [1.82, 2.24) is 10.3 Å². The van der Waals surface area contributed by atoms with Gasteiger partial charge in [-0.3, -0.25) is 0 Å². The average molecular weight is 262 g/mol. The second kappa shape index (κ2) is 4.78. The number of aromatic nitrogens is 1. The summed E-state index contributed by atoms with van der Waals surface area (Å²) in [6.07, 6.45) is 2.36. The van der Waals surface area contributed by atoms with Gasteiger partial charge in [0.05, 0.1) is 5.69 Å². The van der Waals surface area contributed by atoms with Crippen LogP contribution in [0, 0.1) is 12.7 Å². The molecule has 1 aliphatic heterocycles. The van der Waals surface area contributed by atoms with E-state index in [4.69, 9.17) is 0 Å². The van der Waals surface area contributed by atoms with E-state index in [1.807, 2.05) is 13.0 Å². The number of halogens is 1. The van der Waals surface area contributed by atoms with Crippen molar-refractivity contribution in [2.45, 2.75) is 25.8 Å². The van der Waals surface area contributed by atoms with E-state index in [1.54, 1.807) is 23.5 Å². The second-order valence-electron chi connectivity index (χ2n) is 4.60. The van der Waals surface area contributed by atoms with Crippen LogP contribution in [0.4, 0.5) is 4.39 Å². The summed E-state index contributed by atoms with van der Waals surface area (Å²) in [7, 11) is 0. The summed E-state index contributed by atoms with van der Waals surface area (Å²) in [6, 6.07) is 7.24. The summed E-state index contributed by atoms with van der Waals surface area (Å²) in [6.45, 7) is 3.08. The van der Waals surface area contributed by atoms with Crippen molar-refractivity contribution in [1.29, 1.82) is 0 Å². The zero-order valence-electron chi connectivity index (χ0n) is 10.2. The third kappa shape index (κ3) is 2.06. The van der Waals surface area contributed by atoms with Crippen LogP contribution in [0.5, 0.6) is 0 Å². The van der Waals surface area contributed by atoms with Gasteiger partial charge in [-0.15, -0.1) is 11.3 Å². The van der Waals surface area contributed by atoms with E-state index >= 15 is 0 Å². The molecule has 0 saturated carbocycles. The van der Waals surface area contributed by atoms with E-state index in [2.05, 4.69) is 10.3 Å². The van der Waals surface area contributed by atoms with E-state index in [9.17, 15) is 4.39 Å². The van der Waals surface area contributed by atoms with Gasteiger partial charge in [-0.1, -0.05) is 12.1 Å². The predicted molar refractivity (Wildman–Crippen MR) is 72.2 cm³/mol. The number of hydrogen-bond acceptors (Lipinski definition) is 3. The lowest BCUT2D eigenvalue weighted by molar-refractivity contribution is 0.631. The van der Waals surface area contributed by atoms with Crippen molar-refractivity contribution in [2.75, 3.05) is 6.54 Å². The van der Waals surface area contributed by atoms with E-state index in [1.165, 1.54) is 17.4 Å².